The van der Waals surface area contributed by atoms with E-state index in [0.717, 1.165) is 51.4 Å². The summed E-state index contributed by atoms with van der Waals surface area (Å²) in [6, 6.07) is 0. The molecule has 0 heterocycles. The Balaban J connectivity index is 4.44. The van der Waals surface area contributed by atoms with E-state index in [1.54, 1.807) is 0 Å². The van der Waals surface area contributed by atoms with Crippen LogP contribution in [0.2, 0.25) is 0 Å². The van der Waals surface area contributed by atoms with Crippen molar-refractivity contribution < 1.29 is 42.1 Å². The Labute approximate surface area is 307 Å². The minimum absolute atomic E-state index is 0.0361. The number of hydrogen-bond acceptors (Lipinski definition) is 8. The molecule has 0 radical (unpaired) electrons. The van der Waals surface area contributed by atoms with E-state index in [9.17, 15) is 19.0 Å². The Morgan fingerprint density at radius 3 is 1.62 bits per heavy atom. The van der Waals surface area contributed by atoms with E-state index in [2.05, 4.69) is 32.1 Å². The van der Waals surface area contributed by atoms with E-state index < -0.39 is 32.5 Å². The largest absolute Gasteiger partial charge is 0.756 e. The van der Waals surface area contributed by atoms with Crippen LogP contribution in [-0.4, -0.2) is 70.0 Å². The lowest BCUT2D eigenvalue weighted by Gasteiger charge is -2.28. The molecule has 0 saturated carbocycles. The minimum Gasteiger partial charge on any atom is -0.756 e. The molecule has 0 aromatic carbocycles. The third-order valence-corrected chi connectivity index (χ3v) is 9.42. The van der Waals surface area contributed by atoms with Crippen molar-refractivity contribution in [3.05, 3.63) is 24.3 Å². The van der Waals surface area contributed by atoms with Crippen molar-refractivity contribution in [3.63, 3.8) is 0 Å². The molecular weight excluding hydrogens is 653 g/mol. The zero-order valence-corrected chi connectivity index (χ0v) is 33.7. The number of likely N-dealkylation sites (N-methyl/N-ethyl adjacent to an activating group) is 1. The van der Waals surface area contributed by atoms with Gasteiger partial charge in [0.2, 0.25) is 0 Å². The molecule has 0 saturated heterocycles. The molecule has 1 unspecified atom stereocenters. The third-order valence-electron chi connectivity index (χ3n) is 8.46. The summed E-state index contributed by atoms with van der Waals surface area (Å²) in [7, 11) is 1.14. The SMILES string of the molecule is CCCC/C=C/CCCCCCCC(=O)O[C@H](COC(=O)CC/C=C/CCCCCCCCCCCCC)COP(=O)([O-])OCC[N+](C)(C)C. The highest BCUT2D eigenvalue weighted by atomic mass is 31.2. The average molecular weight is 730 g/mol. The molecule has 9 nitrogen and oxygen atoms in total. The van der Waals surface area contributed by atoms with Crippen LogP contribution < -0.4 is 4.89 Å². The van der Waals surface area contributed by atoms with Crippen molar-refractivity contribution >= 4 is 19.8 Å². The Morgan fingerprint density at radius 2 is 1.08 bits per heavy atom. The maximum Gasteiger partial charge on any atom is 0.306 e. The molecule has 0 aliphatic rings. The number of phosphoric acid groups is 1. The van der Waals surface area contributed by atoms with E-state index in [4.69, 9.17) is 18.5 Å². The first kappa shape index (κ1) is 48.5. The molecule has 0 aromatic heterocycles. The maximum absolute atomic E-state index is 12.6. The number of carbonyl (C=O) groups excluding carboxylic acids is 2. The molecule has 0 N–H and O–H groups in total. The van der Waals surface area contributed by atoms with Crippen molar-refractivity contribution in [2.24, 2.45) is 0 Å². The molecular formula is C40H76NO8P. The molecule has 0 amide bonds. The van der Waals surface area contributed by atoms with Crippen LogP contribution in [0.5, 0.6) is 0 Å². The van der Waals surface area contributed by atoms with Gasteiger partial charge in [0.15, 0.2) is 6.10 Å². The van der Waals surface area contributed by atoms with Crippen LogP contribution >= 0.6 is 7.82 Å². The predicted octanol–water partition coefficient (Wildman–Crippen LogP) is 10.2. The van der Waals surface area contributed by atoms with Gasteiger partial charge in [0, 0.05) is 12.8 Å². The average Bonchev–Trinajstić information content (AvgIpc) is 3.06. The summed E-state index contributed by atoms with van der Waals surface area (Å²) in [6.45, 7) is 4.12. The second kappa shape index (κ2) is 33.3. The van der Waals surface area contributed by atoms with Gasteiger partial charge in [-0.05, 0) is 44.9 Å². The molecule has 0 aromatic rings. The van der Waals surface area contributed by atoms with Crippen LogP contribution in [0.25, 0.3) is 0 Å². The van der Waals surface area contributed by atoms with Gasteiger partial charge in [-0.1, -0.05) is 134 Å². The molecule has 0 fully saturated rings. The molecule has 0 rings (SSSR count). The molecule has 0 spiro atoms. The monoisotopic (exact) mass is 730 g/mol. The summed E-state index contributed by atoms with van der Waals surface area (Å²) >= 11 is 0. The fourth-order valence-corrected chi connectivity index (χ4v) is 5.97. The molecule has 50 heavy (non-hydrogen) atoms. The first-order chi connectivity index (χ1) is 24.0. The van der Waals surface area contributed by atoms with Crippen LogP contribution in [0.15, 0.2) is 24.3 Å². The molecule has 0 aliphatic carbocycles. The minimum atomic E-state index is -4.62. The number of ether oxygens (including phenoxy) is 2. The Morgan fingerprint density at radius 1 is 0.600 bits per heavy atom. The smallest absolute Gasteiger partial charge is 0.306 e. The van der Waals surface area contributed by atoms with Crippen molar-refractivity contribution in [2.75, 3.05) is 47.5 Å². The molecule has 10 heteroatoms. The van der Waals surface area contributed by atoms with Gasteiger partial charge in [-0.2, -0.15) is 0 Å². The predicted molar refractivity (Wildman–Crippen MR) is 204 cm³/mol. The summed E-state index contributed by atoms with van der Waals surface area (Å²) in [5.74, 6) is -0.902. The number of unbranched alkanes of at least 4 members (excludes halogenated alkanes) is 18. The Bertz CT molecular complexity index is 918. The summed E-state index contributed by atoms with van der Waals surface area (Å²) in [5.41, 5.74) is 0. The van der Waals surface area contributed by atoms with Gasteiger partial charge >= 0.3 is 11.9 Å². The van der Waals surface area contributed by atoms with Crippen LogP contribution in [-0.2, 0) is 32.7 Å². The van der Waals surface area contributed by atoms with Gasteiger partial charge in [0.25, 0.3) is 7.82 Å². The summed E-state index contributed by atoms with van der Waals surface area (Å²) in [5, 5.41) is 0. The maximum atomic E-state index is 12.6. The highest BCUT2D eigenvalue weighted by Gasteiger charge is 2.21. The van der Waals surface area contributed by atoms with Gasteiger partial charge < -0.3 is 27.9 Å². The molecule has 0 aliphatic heterocycles. The standard InChI is InChI=1S/C40H76NO8P/c1-6-8-10-12-14-16-18-19-20-21-23-24-26-28-30-32-39(42)46-36-38(37-48-50(44,45)47-35-34-41(3,4)5)49-40(43)33-31-29-27-25-22-17-15-13-11-9-7-2/h13,15,26,28,38H,6-12,14,16-25,27,29-37H2,1-5H3/b15-13+,28-26+/t38-/m1/s1. The van der Waals surface area contributed by atoms with Gasteiger partial charge in [0.05, 0.1) is 27.7 Å². The topological polar surface area (TPSA) is 111 Å². The van der Waals surface area contributed by atoms with Gasteiger partial charge in [-0.15, -0.1) is 0 Å². The lowest BCUT2D eigenvalue weighted by Crippen LogP contribution is -2.37. The number of quaternary nitrogens is 1. The van der Waals surface area contributed by atoms with E-state index in [1.807, 2.05) is 27.2 Å². The third kappa shape index (κ3) is 36.3. The second-order valence-corrected chi connectivity index (χ2v) is 16.1. The van der Waals surface area contributed by atoms with Crippen LogP contribution in [0.3, 0.4) is 0 Å². The summed E-state index contributed by atoms with van der Waals surface area (Å²) in [4.78, 5) is 37.3. The number of nitrogens with zero attached hydrogens (tertiary/aromatic N) is 1. The number of esters is 2. The zero-order chi connectivity index (χ0) is 37.2. The van der Waals surface area contributed by atoms with E-state index >= 15 is 0 Å². The van der Waals surface area contributed by atoms with Crippen LogP contribution in [0.1, 0.15) is 168 Å². The Hall–Kier alpha value is -1.51. The first-order valence-corrected chi connectivity index (χ1v) is 21.5. The quantitative estimate of drug-likeness (QED) is 0.0206. The summed E-state index contributed by atoms with van der Waals surface area (Å²) < 4.78 is 33.7. The first-order valence-electron chi connectivity index (χ1n) is 20.0. The number of phosphoric ester groups is 1. The Kier molecular flexibility index (Phi) is 32.3. The zero-order valence-electron chi connectivity index (χ0n) is 32.8. The molecule has 0 bridgehead atoms. The summed E-state index contributed by atoms with van der Waals surface area (Å²) in [6.07, 6.45) is 33.6. The number of carbonyl (C=O) groups is 2. The highest BCUT2D eigenvalue weighted by Crippen LogP contribution is 2.38. The molecule has 294 valence electrons. The lowest BCUT2D eigenvalue weighted by atomic mass is 10.1. The number of hydrogen-bond donors (Lipinski definition) is 0. The van der Waals surface area contributed by atoms with Crippen LogP contribution in [0.4, 0.5) is 0 Å². The van der Waals surface area contributed by atoms with E-state index in [0.29, 0.717) is 23.9 Å². The van der Waals surface area contributed by atoms with Crippen molar-refractivity contribution in [1.82, 2.24) is 0 Å². The van der Waals surface area contributed by atoms with Gasteiger partial charge in [-0.25, -0.2) is 0 Å². The van der Waals surface area contributed by atoms with Crippen molar-refractivity contribution in [2.45, 2.75) is 174 Å². The fraction of sp³-hybridized carbons (Fsp3) is 0.850. The number of rotatable bonds is 36. The van der Waals surface area contributed by atoms with Crippen LogP contribution in [0, 0.1) is 0 Å². The van der Waals surface area contributed by atoms with E-state index in [1.165, 1.54) is 77.0 Å². The van der Waals surface area contributed by atoms with E-state index in [-0.39, 0.29) is 26.1 Å². The highest BCUT2D eigenvalue weighted by molar-refractivity contribution is 7.45. The van der Waals surface area contributed by atoms with Crippen molar-refractivity contribution in [3.8, 4) is 0 Å². The lowest BCUT2D eigenvalue weighted by molar-refractivity contribution is -0.870. The van der Waals surface area contributed by atoms with Crippen molar-refractivity contribution in [1.29, 1.82) is 0 Å². The second-order valence-electron chi connectivity index (χ2n) is 14.6. The fourth-order valence-electron chi connectivity index (χ4n) is 5.24. The molecule has 2 atom stereocenters. The normalized spacial score (nSPS) is 14.0. The van der Waals surface area contributed by atoms with Gasteiger partial charge in [-0.3, -0.25) is 14.2 Å². The number of allylic oxidation sites excluding steroid dienone is 4. The van der Waals surface area contributed by atoms with Gasteiger partial charge in [0.1, 0.15) is 19.8 Å².